The first-order valence-corrected chi connectivity index (χ1v) is 14.1. The molecule has 2 N–H and O–H groups in total. The number of ether oxygens (including phenoxy) is 2. The zero-order valence-electron chi connectivity index (χ0n) is 21.8. The Kier molecular flexibility index (Phi) is 9.25. The van der Waals surface area contributed by atoms with E-state index in [0.717, 1.165) is 20.5 Å². The number of anilines is 2. The van der Waals surface area contributed by atoms with Crippen molar-refractivity contribution in [2.45, 2.75) is 20.8 Å². The number of urea groups is 1. The molecule has 0 unspecified atom stereocenters. The van der Waals surface area contributed by atoms with Gasteiger partial charge >= 0.3 is 6.03 Å². The maximum atomic E-state index is 13.2. The molecule has 1 heterocycles. The van der Waals surface area contributed by atoms with Crippen LogP contribution in [-0.2, 0) is 14.4 Å². The van der Waals surface area contributed by atoms with E-state index < -0.39 is 17.8 Å². The smallest absolute Gasteiger partial charge is 0.335 e. The van der Waals surface area contributed by atoms with Gasteiger partial charge < -0.3 is 14.8 Å². The van der Waals surface area contributed by atoms with Crippen LogP contribution < -0.4 is 25.0 Å². The van der Waals surface area contributed by atoms with Crippen LogP contribution in [0.1, 0.15) is 23.6 Å². The first-order valence-electron chi connectivity index (χ1n) is 12.2. The molecule has 1 aliphatic heterocycles. The number of halogens is 2. The minimum atomic E-state index is -0.832. The van der Waals surface area contributed by atoms with Crippen molar-refractivity contribution in [2.24, 2.45) is 0 Å². The van der Waals surface area contributed by atoms with Gasteiger partial charge in [0.1, 0.15) is 5.57 Å². The van der Waals surface area contributed by atoms with Gasteiger partial charge in [0.2, 0.25) is 0 Å². The van der Waals surface area contributed by atoms with Crippen LogP contribution in [0.15, 0.2) is 64.6 Å². The van der Waals surface area contributed by atoms with Crippen LogP contribution in [0.2, 0.25) is 0 Å². The normalized spacial score (nSPS) is 14.3. The summed E-state index contributed by atoms with van der Waals surface area (Å²) in [6, 6.07) is 14.8. The summed E-state index contributed by atoms with van der Waals surface area (Å²) < 4.78 is 13.0. The van der Waals surface area contributed by atoms with E-state index in [1.807, 2.05) is 54.6 Å². The quantitative estimate of drug-likeness (QED) is 0.174. The molecule has 40 heavy (non-hydrogen) atoms. The minimum absolute atomic E-state index is 0.220. The summed E-state index contributed by atoms with van der Waals surface area (Å²) >= 11 is 5.36. The van der Waals surface area contributed by atoms with Gasteiger partial charge in [-0.15, -0.1) is 0 Å². The number of imide groups is 2. The minimum Gasteiger partial charge on any atom is -0.490 e. The molecule has 0 bridgehead atoms. The van der Waals surface area contributed by atoms with Crippen molar-refractivity contribution in [1.82, 2.24) is 5.32 Å². The predicted octanol–water partition coefficient (Wildman–Crippen LogP) is 5.75. The Balaban J connectivity index is 1.57. The largest absolute Gasteiger partial charge is 0.490 e. The van der Waals surface area contributed by atoms with Gasteiger partial charge in [0.05, 0.1) is 15.9 Å². The molecular weight excluding hydrogens is 693 g/mol. The zero-order valence-corrected chi connectivity index (χ0v) is 25.6. The van der Waals surface area contributed by atoms with Crippen molar-refractivity contribution < 1.29 is 28.7 Å². The first-order chi connectivity index (χ1) is 19.1. The van der Waals surface area contributed by atoms with Gasteiger partial charge in [-0.05, 0) is 103 Å². The SMILES string of the molecule is CCOc1cc(/C=C2\C(=O)NC(=O)N(c3ccc(Br)cc3)C2=O)cc(I)c1OCC(=O)Nc1ccc(C)cc1C. The molecule has 3 aromatic carbocycles. The highest BCUT2D eigenvalue weighted by molar-refractivity contribution is 14.1. The van der Waals surface area contributed by atoms with Crippen molar-refractivity contribution in [3.8, 4) is 11.5 Å². The van der Waals surface area contributed by atoms with Crippen molar-refractivity contribution in [3.05, 3.63) is 84.9 Å². The van der Waals surface area contributed by atoms with E-state index in [-0.39, 0.29) is 18.1 Å². The summed E-state index contributed by atoms with van der Waals surface area (Å²) in [5.41, 5.74) is 3.31. The van der Waals surface area contributed by atoms with E-state index in [9.17, 15) is 19.2 Å². The van der Waals surface area contributed by atoms with Gasteiger partial charge in [-0.2, -0.15) is 0 Å². The lowest BCUT2D eigenvalue weighted by Crippen LogP contribution is -2.54. The van der Waals surface area contributed by atoms with Gasteiger partial charge in [0, 0.05) is 10.2 Å². The Labute approximate surface area is 253 Å². The number of nitrogens with zero attached hydrogens (tertiary/aromatic N) is 1. The molecule has 0 aliphatic carbocycles. The molecule has 0 aromatic heterocycles. The van der Waals surface area contributed by atoms with Crippen LogP contribution in [-0.4, -0.2) is 37.0 Å². The van der Waals surface area contributed by atoms with Crippen LogP contribution in [0.3, 0.4) is 0 Å². The Bertz CT molecular complexity index is 1540. The molecule has 206 valence electrons. The van der Waals surface area contributed by atoms with Gasteiger partial charge in [-0.1, -0.05) is 33.6 Å². The highest BCUT2D eigenvalue weighted by Gasteiger charge is 2.36. The summed E-state index contributed by atoms with van der Waals surface area (Å²) in [5.74, 6) is -1.21. The molecule has 0 spiro atoms. The van der Waals surface area contributed by atoms with E-state index in [1.54, 1.807) is 43.3 Å². The zero-order chi connectivity index (χ0) is 29.0. The average molecular weight is 718 g/mol. The maximum absolute atomic E-state index is 13.2. The Morgan fingerprint density at radius 2 is 1.77 bits per heavy atom. The molecule has 1 aliphatic rings. The van der Waals surface area contributed by atoms with Crippen LogP contribution in [0.5, 0.6) is 11.5 Å². The lowest BCUT2D eigenvalue weighted by molar-refractivity contribution is -0.122. The molecule has 0 atom stereocenters. The van der Waals surface area contributed by atoms with E-state index >= 15 is 0 Å². The van der Waals surface area contributed by atoms with Crippen LogP contribution in [0, 0.1) is 17.4 Å². The number of benzene rings is 3. The first kappa shape index (κ1) is 29.3. The molecule has 4 rings (SSSR count). The summed E-state index contributed by atoms with van der Waals surface area (Å²) in [7, 11) is 0. The Morgan fingerprint density at radius 1 is 1.05 bits per heavy atom. The van der Waals surface area contributed by atoms with Crippen LogP contribution in [0.4, 0.5) is 16.2 Å². The summed E-state index contributed by atoms with van der Waals surface area (Å²) in [4.78, 5) is 51.8. The topological polar surface area (TPSA) is 114 Å². The fourth-order valence-corrected chi connectivity index (χ4v) is 5.05. The highest BCUT2D eigenvalue weighted by Crippen LogP contribution is 2.35. The predicted molar refractivity (Wildman–Crippen MR) is 164 cm³/mol. The summed E-state index contributed by atoms with van der Waals surface area (Å²) in [6.45, 7) is 5.75. The fraction of sp³-hybridized carbons (Fsp3) is 0.172. The lowest BCUT2D eigenvalue weighted by atomic mass is 10.1. The fourth-order valence-electron chi connectivity index (χ4n) is 4.00. The maximum Gasteiger partial charge on any atom is 0.335 e. The van der Waals surface area contributed by atoms with Gasteiger partial charge in [0.15, 0.2) is 18.1 Å². The van der Waals surface area contributed by atoms with Gasteiger partial charge in [0.25, 0.3) is 17.7 Å². The number of amides is 5. The number of rotatable bonds is 8. The second-order valence-electron chi connectivity index (χ2n) is 8.85. The molecule has 0 saturated carbocycles. The van der Waals surface area contributed by atoms with E-state index in [2.05, 4.69) is 26.6 Å². The molecule has 9 nitrogen and oxygen atoms in total. The van der Waals surface area contributed by atoms with Gasteiger partial charge in [-0.25, -0.2) is 9.69 Å². The van der Waals surface area contributed by atoms with Crippen molar-refractivity contribution >= 4 is 79.7 Å². The third-order valence-corrected chi connectivity index (χ3v) is 7.16. The third kappa shape index (κ3) is 6.70. The number of carbonyl (C=O) groups is 4. The third-order valence-electron chi connectivity index (χ3n) is 5.83. The molecule has 5 amide bonds. The number of hydrogen-bond acceptors (Lipinski definition) is 6. The Morgan fingerprint density at radius 3 is 2.45 bits per heavy atom. The second kappa shape index (κ2) is 12.6. The van der Waals surface area contributed by atoms with Crippen LogP contribution >= 0.6 is 38.5 Å². The monoisotopic (exact) mass is 717 g/mol. The van der Waals surface area contributed by atoms with Crippen molar-refractivity contribution in [3.63, 3.8) is 0 Å². The van der Waals surface area contributed by atoms with E-state index in [4.69, 9.17) is 9.47 Å². The number of hydrogen-bond donors (Lipinski definition) is 2. The second-order valence-corrected chi connectivity index (χ2v) is 10.9. The van der Waals surface area contributed by atoms with E-state index in [1.165, 1.54) is 6.08 Å². The standard InChI is InChI=1S/C29H25BrIN3O6/c1-4-39-24-14-18(12-21-27(36)33-29(38)34(28(21)37)20-8-6-19(30)7-9-20)13-22(31)26(24)40-15-25(35)32-23-10-5-16(2)11-17(23)3/h5-14H,4,15H2,1-3H3,(H,32,35)(H,33,36,38)/b21-12+. The molecule has 1 saturated heterocycles. The number of nitrogens with one attached hydrogen (secondary N) is 2. The van der Waals surface area contributed by atoms with Crippen molar-refractivity contribution in [2.75, 3.05) is 23.4 Å². The van der Waals surface area contributed by atoms with E-state index in [0.29, 0.717) is 38.6 Å². The van der Waals surface area contributed by atoms with Crippen molar-refractivity contribution in [1.29, 1.82) is 0 Å². The number of carbonyl (C=O) groups excluding carboxylic acids is 4. The molecule has 0 radical (unpaired) electrons. The Hall–Kier alpha value is -3.71. The number of barbiturate groups is 1. The average Bonchev–Trinajstić information content (AvgIpc) is 2.89. The molecule has 11 heteroatoms. The molecular formula is C29H25BrIN3O6. The molecule has 1 fully saturated rings. The van der Waals surface area contributed by atoms with Crippen LogP contribution in [0.25, 0.3) is 6.08 Å². The summed E-state index contributed by atoms with van der Waals surface area (Å²) in [6.07, 6.45) is 1.39. The highest BCUT2D eigenvalue weighted by atomic mass is 127. The molecule has 3 aromatic rings. The lowest BCUT2D eigenvalue weighted by Gasteiger charge is -2.26. The summed E-state index contributed by atoms with van der Waals surface area (Å²) in [5, 5.41) is 5.06. The van der Waals surface area contributed by atoms with Gasteiger partial charge in [-0.3, -0.25) is 19.7 Å². The number of aryl methyl sites for hydroxylation is 2.